The Morgan fingerprint density at radius 1 is 0.917 bits per heavy atom. The number of amides is 1. The van der Waals surface area contributed by atoms with Crippen molar-refractivity contribution in [3.05, 3.63) is 123 Å². The summed E-state index contributed by atoms with van der Waals surface area (Å²) >= 11 is 7.36. The lowest BCUT2D eigenvalue weighted by molar-refractivity contribution is -0.132. The molecule has 0 spiro atoms. The van der Waals surface area contributed by atoms with Crippen LogP contribution in [-0.2, 0) is 37.1 Å². The van der Waals surface area contributed by atoms with Crippen LogP contribution in [0.2, 0.25) is 5.02 Å². The van der Waals surface area contributed by atoms with Gasteiger partial charge >= 0.3 is 0 Å². The van der Waals surface area contributed by atoms with Gasteiger partial charge in [0.2, 0.25) is 5.91 Å². The van der Waals surface area contributed by atoms with Gasteiger partial charge in [0, 0.05) is 85.4 Å². The first-order valence-corrected chi connectivity index (χ1v) is 17.1. The van der Waals surface area contributed by atoms with Crippen LogP contribution in [0.4, 0.5) is 4.39 Å². The van der Waals surface area contributed by atoms with Crippen LogP contribution in [0.5, 0.6) is 0 Å². The topological polar surface area (TPSA) is 102 Å². The van der Waals surface area contributed by atoms with Gasteiger partial charge in [0.25, 0.3) is 5.56 Å². The molecular weight excluding hydrogens is 651 g/mol. The minimum atomic E-state index is -0.361. The average Bonchev–Trinajstić information content (AvgIpc) is 3.50. The number of rotatable bonds is 15. The maximum absolute atomic E-state index is 14.1. The van der Waals surface area contributed by atoms with Gasteiger partial charge in [0.15, 0.2) is 11.0 Å². The van der Waals surface area contributed by atoms with Gasteiger partial charge in [0.05, 0.1) is 6.20 Å². The maximum atomic E-state index is 14.1. The maximum Gasteiger partial charge on any atom is 0.277 e. The van der Waals surface area contributed by atoms with Gasteiger partial charge in [-0.1, -0.05) is 49.3 Å². The fraction of sp³-hybridized carbons (Fsp3) is 0.314. The number of carbonyl (C=O) groups excluding carboxylic acids is 1. The Labute approximate surface area is 288 Å². The Morgan fingerprint density at radius 2 is 1.62 bits per heavy atom. The fourth-order valence-corrected chi connectivity index (χ4v) is 6.17. The van der Waals surface area contributed by atoms with Gasteiger partial charge in [-0.05, 0) is 60.6 Å². The molecule has 3 aromatic heterocycles. The molecule has 5 rings (SSSR count). The van der Waals surface area contributed by atoms with E-state index in [1.165, 1.54) is 23.9 Å². The molecule has 0 aliphatic carbocycles. The van der Waals surface area contributed by atoms with E-state index in [4.69, 9.17) is 11.6 Å². The van der Waals surface area contributed by atoms with Crippen LogP contribution in [0.25, 0.3) is 11.4 Å². The highest BCUT2D eigenvalue weighted by molar-refractivity contribution is 7.98. The van der Waals surface area contributed by atoms with Gasteiger partial charge < -0.3 is 14.4 Å². The van der Waals surface area contributed by atoms with Crippen LogP contribution in [0.3, 0.4) is 0 Å². The zero-order chi connectivity index (χ0) is 34.0. The van der Waals surface area contributed by atoms with Crippen molar-refractivity contribution in [1.29, 1.82) is 0 Å². The number of hydrogen-bond donors (Lipinski definition) is 0. The summed E-state index contributed by atoms with van der Waals surface area (Å²) in [5.74, 6) is 0.565. The summed E-state index contributed by atoms with van der Waals surface area (Å²) in [6, 6.07) is 13.5. The van der Waals surface area contributed by atoms with E-state index < -0.39 is 0 Å². The lowest BCUT2D eigenvalue weighted by atomic mass is 10.1. The molecule has 5 aromatic rings. The molecule has 10 nitrogen and oxygen atoms in total. The molecule has 0 bridgehead atoms. The summed E-state index contributed by atoms with van der Waals surface area (Å²) < 4.78 is 16.9. The van der Waals surface area contributed by atoms with E-state index in [-0.39, 0.29) is 23.8 Å². The second kappa shape index (κ2) is 16.6. The lowest BCUT2D eigenvalue weighted by Gasteiger charge is -2.27. The number of aromatic nitrogens is 6. The van der Waals surface area contributed by atoms with Crippen LogP contribution in [-0.4, -0.2) is 71.2 Å². The molecule has 2 aromatic carbocycles. The first-order valence-electron chi connectivity index (χ1n) is 15.7. The van der Waals surface area contributed by atoms with Crippen LogP contribution in [0.1, 0.15) is 36.1 Å². The highest BCUT2D eigenvalue weighted by Gasteiger charge is 2.20. The molecule has 48 heavy (non-hydrogen) atoms. The van der Waals surface area contributed by atoms with E-state index >= 15 is 0 Å². The Hall–Kier alpha value is -4.39. The predicted molar refractivity (Wildman–Crippen MR) is 186 cm³/mol. The fourth-order valence-electron chi connectivity index (χ4n) is 5.13. The average molecular weight is 689 g/mol. The summed E-state index contributed by atoms with van der Waals surface area (Å²) in [5, 5.41) is 5.26. The van der Waals surface area contributed by atoms with Gasteiger partial charge in [-0.3, -0.25) is 14.3 Å². The smallest absolute Gasteiger partial charge is 0.277 e. The second-order valence-corrected chi connectivity index (χ2v) is 12.7. The Balaban J connectivity index is 1.40. The number of carbonyl (C=O) groups is 1. The van der Waals surface area contributed by atoms with Crippen LogP contribution < -0.4 is 5.56 Å². The second-order valence-electron chi connectivity index (χ2n) is 11.4. The molecule has 250 valence electrons. The van der Waals surface area contributed by atoms with E-state index in [0.717, 1.165) is 35.3 Å². The molecule has 3 heterocycles. The molecule has 1 amide bonds. The molecule has 0 saturated heterocycles. The Bertz CT molecular complexity index is 1860. The minimum absolute atomic E-state index is 0.0267. The van der Waals surface area contributed by atoms with Gasteiger partial charge in [-0.2, -0.15) is 10.1 Å². The molecular formula is C35H38ClFN8O2S. The largest absolute Gasteiger partial charge is 0.335 e. The third kappa shape index (κ3) is 9.59. The highest BCUT2D eigenvalue weighted by Crippen LogP contribution is 2.22. The highest BCUT2D eigenvalue weighted by atomic mass is 35.5. The molecule has 0 unspecified atom stereocenters. The summed E-state index contributed by atoms with van der Waals surface area (Å²) in [5.41, 5.74) is 3.48. The van der Waals surface area contributed by atoms with E-state index in [2.05, 4.69) is 38.8 Å². The van der Waals surface area contributed by atoms with Crippen LogP contribution >= 0.6 is 23.4 Å². The number of aryl methyl sites for hydroxylation is 1. The zero-order valence-electron chi connectivity index (χ0n) is 27.2. The van der Waals surface area contributed by atoms with Crippen LogP contribution in [0.15, 0.2) is 89.5 Å². The first kappa shape index (κ1) is 34.9. The lowest BCUT2D eigenvalue weighted by Crippen LogP contribution is -2.40. The van der Waals surface area contributed by atoms with Crippen molar-refractivity contribution in [3.63, 3.8) is 0 Å². The number of likely N-dealkylation sites (N-methyl/N-ethyl adjacent to an activating group) is 1. The van der Waals surface area contributed by atoms with Crippen molar-refractivity contribution in [1.82, 2.24) is 39.1 Å². The summed E-state index contributed by atoms with van der Waals surface area (Å²) in [4.78, 5) is 44.9. The van der Waals surface area contributed by atoms with Crippen molar-refractivity contribution in [2.75, 3.05) is 26.2 Å². The first-order chi connectivity index (χ1) is 23.2. The monoisotopic (exact) mass is 688 g/mol. The molecule has 0 radical (unpaired) electrons. The standard InChI is InChI=1S/C35H38ClFN8O2S/c1-4-43(5-2)14-15-44(21-27-17-38-33(39-18-27)28-8-10-30(36)11-9-28)32(46)23-45-22-29(16-26-19-40-42(3)20-26)34(47)41-35(45)48-24-25-6-12-31(37)13-7-25/h6-13,17-20,22H,4-5,14-16,21,23-24H2,1-3H3. The van der Waals surface area contributed by atoms with Crippen molar-refractivity contribution in [2.24, 2.45) is 7.05 Å². The zero-order valence-corrected chi connectivity index (χ0v) is 28.8. The molecule has 0 saturated carbocycles. The van der Waals surface area contributed by atoms with Gasteiger partial charge in [0.1, 0.15) is 12.4 Å². The molecule has 0 N–H and O–H groups in total. The van der Waals surface area contributed by atoms with E-state index in [1.54, 1.807) is 63.2 Å². The third-order valence-corrected chi connectivity index (χ3v) is 9.20. The van der Waals surface area contributed by atoms with Crippen molar-refractivity contribution < 1.29 is 9.18 Å². The summed E-state index contributed by atoms with van der Waals surface area (Å²) in [6.45, 7) is 7.40. The minimum Gasteiger partial charge on any atom is -0.335 e. The summed E-state index contributed by atoms with van der Waals surface area (Å²) in [7, 11) is 1.82. The number of benzene rings is 2. The predicted octanol–water partition coefficient (Wildman–Crippen LogP) is 5.48. The molecule has 0 fully saturated rings. The summed E-state index contributed by atoms with van der Waals surface area (Å²) in [6.07, 6.45) is 9.10. The molecule has 0 atom stereocenters. The number of thioether (sulfide) groups is 1. The normalized spacial score (nSPS) is 11.3. The van der Waals surface area contributed by atoms with E-state index in [9.17, 15) is 14.0 Å². The van der Waals surface area contributed by atoms with E-state index in [0.29, 0.717) is 53.4 Å². The van der Waals surface area contributed by atoms with Crippen molar-refractivity contribution in [2.45, 2.75) is 44.3 Å². The molecule has 0 aliphatic heterocycles. The van der Waals surface area contributed by atoms with Crippen LogP contribution in [0, 0.1) is 5.82 Å². The van der Waals surface area contributed by atoms with E-state index in [1.807, 2.05) is 25.4 Å². The van der Waals surface area contributed by atoms with Crippen molar-refractivity contribution >= 4 is 29.3 Å². The molecule has 13 heteroatoms. The third-order valence-electron chi connectivity index (χ3n) is 7.88. The Morgan fingerprint density at radius 3 is 2.27 bits per heavy atom. The van der Waals surface area contributed by atoms with Gasteiger partial charge in [-0.15, -0.1) is 0 Å². The van der Waals surface area contributed by atoms with Gasteiger partial charge in [-0.25, -0.2) is 14.4 Å². The Kier molecular flexibility index (Phi) is 12.1. The SMILES string of the molecule is CCN(CC)CCN(Cc1cnc(-c2ccc(Cl)cc2)nc1)C(=O)Cn1cc(Cc2cnn(C)c2)c(=O)nc1SCc1ccc(F)cc1. The number of nitrogens with zero attached hydrogens (tertiary/aromatic N) is 8. The molecule has 0 aliphatic rings. The van der Waals surface area contributed by atoms with Crippen molar-refractivity contribution in [3.8, 4) is 11.4 Å². The number of halogens is 2. The quantitative estimate of drug-likeness (QED) is 0.105. The number of hydrogen-bond acceptors (Lipinski definition) is 8.